The first-order valence-corrected chi connectivity index (χ1v) is 6.56. The van der Waals surface area contributed by atoms with Gasteiger partial charge in [-0.2, -0.15) is 0 Å². The Morgan fingerprint density at radius 3 is 2.05 bits per heavy atom. The van der Waals surface area contributed by atoms with Crippen LogP contribution in [0.5, 0.6) is 23.1 Å². The summed E-state index contributed by atoms with van der Waals surface area (Å²) in [4.78, 5) is 8.18. The SMILES string of the molecule is COc1cc(OC)cc(Oc2ncnc(N)c2C(C)C)c1. The molecule has 2 N–H and O–H groups in total. The molecule has 0 amide bonds. The van der Waals surface area contributed by atoms with Gasteiger partial charge in [0.2, 0.25) is 5.88 Å². The van der Waals surface area contributed by atoms with Crippen LogP contribution in [0.3, 0.4) is 0 Å². The largest absolute Gasteiger partial charge is 0.496 e. The Kier molecular flexibility index (Phi) is 4.47. The average Bonchev–Trinajstić information content (AvgIpc) is 2.46. The van der Waals surface area contributed by atoms with E-state index in [9.17, 15) is 0 Å². The number of nitrogen functional groups attached to an aromatic ring is 1. The lowest BCUT2D eigenvalue weighted by Crippen LogP contribution is -2.04. The molecular weight excluding hydrogens is 270 g/mol. The molecule has 2 aromatic rings. The van der Waals surface area contributed by atoms with Gasteiger partial charge in [0.25, 0.3) is 0 Å². The molecule has 0 aliphatic heterocycles. The number of benzene rings is 1. The van der Waals surface area contributed by atoms with Crippen LogP contribution in [0.2, 0.25) is 0 Å². The molecule has 0 fully saturated rings. The van der Waals surface area contributed by atoms with Crippen LogP contribution in [-0.4, -0.2) is 24.2 Å². The van der Waals surface area contributed by atoms with Gasteiger partial charge >= 0.3 is 0 Å². The summed E-state index contributed by atoms with van der Waals surface area (Å²) in [6.07, 6.45) is 1.38. The Morgan fingerprint density at radius 2 is 1.52 bits per heavy atom. The number of methoxy groups -OCH3 is 2. The van der Waals surface area contributed by atoms with Gasteiger partial charge in [-0.3, -0.25) is 0 Å². The number of rotatable bonds is 5. The molecule has 0 saturated carbocycles. The first-order chi connectivity index (χ1) is 10.0. The van der Waals surface area contributed by atoms with Crippen molar-refractivity contribution in [3.63, 3.8) is 0 Å². The van der Waals surface area contributed by atoms with Crippen LogP contribution in [0.25, 0.3) is 0 Å². The Bertz CT molecular complexity index is 607. The first-order valence-electron chi connectivity index (χ1n) is 6.56. The molecule has 21 heavy (non-hydrogen) atoms. The van der Waals surface area contributed by atoms with Crippen LogP contribution in [-0.2, 0) is 0 Å². The molecule has 0 unspecified atom stereocenters. The minimum Gasteiger partial charge on any atom is -0.496 e. The van der Waals surface area contributed by atoms with Crippen molar-refractivity contribution >= 4 is 5.82 Å². The molecule has 1 aromatic heterocycles. The Labute approximate surface area is 123 Å². The lowest BCUT2D eigenvalue weighted by molar-refractivity contribution is 0.384. The highest BCUT2D eigenvalue weighted by atomic mass is 16.5. The van der Waals surface area contributed by atoms with E-state index in [2.05, 4.69) is 9.97 Å². The lowest BCUT2D eigenvalue weighted by atomic mass is 10.1. The van der Waals surface area contributed by atoms with Gasteiger partial charge in [-0.1, -0.05) is 13.8 Å². The predicted molar refractivity (Wildman–Crippen MR) is 80.2 cm³/mol. The van der Waals surface area contributed by atoms with Crippen LogP contribution in [0.1, 0.15) is 25.3 Å². The highest BCUT2D eigenvalue weighted by Crippen LogP contribution is 2.34. The molecule has 0 aliphatic rings. The summed E-state index contributed by atoms with van der Waals surface area (Å²) < 4.78 is 16.3. The third-order valence-corrected chi connectivity index (χ3v) is 3.00. The lowest BCUT2D eigenvalue weighted by Gasteiger charge is -2.14. The van der Waals surface area contributed by atoms with Gasteiger partial charge < -0.3 is 19.9 Å². The third-order valence-electron chi connectivity index (χ3n) is 3.00. The maximum atomic E-state index is 5.91. The van der Waals surface area contributed by atoms with Gasteiger partial charge in [0.1, 0.15) is 29.4 Å². The van der Waals surface area contributed by atoms with Crippen LogP contribution >= 0.6 is 0 Å². The van der Waals surface area contributed by atoms with E-state index in [1.165, 1.54) is 6.33 Å². The Morgan fingerprint density at radius 1 is 0.952 bits per heavy atom. The molecule has 0 bridgehead atoms. The minimum atomic E-state index is 0.147. The molecule has 0 aliphatic carbocycles. The quantitative estimate of drug-likeness (QED) is 0.911. The molecule has 1 aromatic carbocycles. The summed E-state index contributed by atoms with van der Waals surface area (Å²) in [6, 6.07) is 5.28. The van der Waals surface area contributed by atoms with Crippen molar-refractivity contribution in [3.8, 4) is 23.1 Å². The van der Waals surface area contributed by atoms with E-state index < -0.39 is 0 Å². The highest BCUT2D eigenvalue weighted by molar-refractivity contribution is 5.49. The molecule has 0 saturated heterocycles. The average molecular weight is 289 g/mol. The maximum absolute atomic E-state index is 5.91. The van der Waals surface area contributed by atoms with Gasteiger partial charge in [-0.25, -0.2) is 9.97 Å². The number of hydrogen-bond acceptors (Lipinski definition) is 6. The fourth-order valence-electron chi connectivity index (χ4n) is 1.97. The van der Waals surface area contributed by atoms with E-state index in [0.717, 1.165) is 5.56 Å². The molecule has 6 nitrogen and oxygen atoms in total. The van der Waals surface area contributed by atoms with Crippen molar-refractivity contribution in [2.75, 3.05) is 20.0 Å². The first kappa shape index (κ1) is 14.9. The molecular formula is C15H19N3O3. The standard InChI is InChI=1S/C15H19N3O3/c1-9(2)13-14(16)17-8-18-15(13)21-12-6-10(19-3)5-11(7-12)20-4/h5-9H,1-4H3,(H2,16,17,18). The van der Waals surface area contributed by atoms with Crippen LogP contribution < -0.4 is 19.9 Å². The molecule has 0 spiro atoms. The molecule has 0 atom stereocenters. The van der Waals surface area contributed by atoms with Gasteiger partial charge in [-0.05, 0) is 5.92 Å². The van der Waals surface area contributed by atoms with Crippen molar-refractivity contribution in [2.45, 2.75) is 19.8 Å². The van der Waals surface area contributed by atoms with E-state index >= 15 is 0 Å². The Balaban J connectivity index is 2.40. The minimum absolute atomic E-state index is 0.147. The summed E-state index contributed by atoms with van der Waals surface area (Å²) in [7, 11) is 3.17. The van der Waals surface area contributed by atoms with E-state index in [-0.39, 0.29) is 5.92 Å². The molecule has 6 heteroatoms. The second-order valence-corrected chi connectivity index (χ2v) is 4.78. The number of anilines is 1. The van der Waals surface area contributed by atoms with Gasteiger partial charge in [0.15, 0.2) is 0 Å². The van der Waals surface area contributed by atoms with E-state index in [1.54, 1.807) is 32.4 Å². The summed E-state index contributed by atoms with van der Waals surface area (Å²) in [6.45, 7) is 4.02. The van der Waals surface area contributed by atoms with Crippen molar-refractivity contribution in [1.29, 1.82) is 0 Å². The van der Waals surface area contributed by atoms with Crippen LogP contribution in [0.15, 0.2) is 24.5 Å². The number of hydrogen-bond donors (Lipinski definition) is 1. The zero-order chi connectivity index (χ0) is 15.4. The predicted octanol–water partition coefficient (Wildman–Crippen LogP) is 2.99. The number of nitrogens with two attached hydrogens (primary N) is 1. The van der Waals surface area contributed by atoms with Crippen molar-refractivity contribution in [2.24, 2.45) is 0 Å². The zero-order valence-electron chi connectivity index (χ0n) is 12.6. The monoisotopic (exact) mass is 289 g/mol. The van der Waals surface area contributed by atoms with Crippen LogP contribution in [0, 0.1) is 0 Å². The normalized spacial score (nSPS) is 10.5. The van der Waals surface area contributed by atoms with Crippen LogP contribution in [0.4, 0.5) is 5.82 Å². The van der Waals surface area contributed by atoms with Crippen molar-refractivity contribution < 1.29 is 14.2 Å². The number of aromatic nitrogens is 2. The topological polar surface area (TPSA) is 79.5 Å². The van der Waals surface area contributed by atoms with E-state index in [4.69, 9.17) is 19.9 Å². The highest BCUT2D eigenvalue weighted by Gasteiger charge is 2.15. The molecule has 0 radical (unpaired) electrons. The van der Waals surface area contributed by atoms with Crippen molar-refractivity contribution in [3.05, 3.63) is 30.1 Å². The molecule has 112 valence electrons. The fraction of sp³-hybridized carbons (Fsp3) is 0.333. The Hall–Kier alpha value is -2.50. The smallest absolute Gasteiger partial charge is 0.227 e. The summed E-state index contributed by atoms with van der Waals surface area (Å²) in [5, 5.41) is 0. The van der Waals surface area contributed by atoms with E-state index in [0.29, 0.717) is 28.9 Å². The summed E-state index contributed by atoms with van der Waals surface area (Å²) in [5.41, 5.74) is 6.68. The third kappa shape index (κ3) is 3.34. The molecule has 1 heterocycles. The summed E-state index contributed by atoms with van der Waals surface area (Å²) >= 11 is 0. The second-order valence-electron chi connectivity index (χ2n) is 4.78. The van der Waals surface area contributed by atoms with E-state index in [1.807, 2.05) is 13.8 Å². The summed E-state index contributed by atoms with van der Waals surface area (Å²) in [5.74, 6) is 2.84. The second kappa shape index (κ2) is 6.30. The zero-order valence-corrected chi connectivity index (χ0v) is 12.6. The fourth-order valence-corrected chi connectivity index (χ4v) is 1.97. The number of ether oxygens (including phenoxy) is 3. The van der Waals surface area contributed by atoms with Gasteiger partial charge in [-0.15, -0.1) is 0 Å². The molecule has 2 rings (SSSR count). The van der Waals surface area contributed by atoms with Gasteiger partial charge in [0, 0.05) is 18.2 Å². The maximum Gasteiger partial charge on any atom is 0.227 e. The van der Waals surface area contributed by atoms with Crippen molar-refractivity contribution in [1.82, 2.24) is 9.97 Å². The number of nitrogens with zero attached hydrogens (tertiary/aromatic N) is 2. The van der Waals surface area contributed by atoms with Gasteiger partial charge in [0.05, 0.1) is 19.8 Å².